The molecule has 0 spiro atoms. The van der Waals surface area contributed by atoms with Gasteiger partial charge in [0, 0.05) is 28.6 Å². The molecule has 1 aliphatic rings. The number of hydrogen-bond acceptors (Lipinski definition) is 5. The number of hydrogen-bond donors (Lipinski definition) is 1. The summed E-state index contributed by atoms with van der Waals surface area (Å²) in [7, 11) is 0. The molecule has 0 aliphatic heterocycles. The zero-order chi connectivity index (χ0) is 19.0. The number of aryl methyl sites for hydroxylation is 2. The molecule has 2 heterocycles. The lowest BCUT2D eigenvalue weighted by Gasteiger charge is -2.12. The predicted molar refractivity (Wildman–Crippen MR) is 106 cm³/mol. The lowest BCUT2D eigenvalue weighted by Crippen LogP contribution is -2.18. The smallest absolute Gasteiger partial charge is 0.259 e. The zero-order valence-corrected chi connectivity index (χ0v) is 16.3. The van der Waals surface area contributed by atoms with Gasteiger partial charge < -0.3 is 10.1 Å². The Bertz CT molecular complexity index is 1090. The minimum absolute atomic E-state index is 0.0730. The lowest BCUT2D eigenvalue weighted by molar-refractivity contribution is -0.114. The van der Waals surface area contributed by atoms with Gasteiger partial charge in [0.15, 0.2) is 4.96 Å². The molecule has 0 saturated carbocycles. The van der Waals surface area contributed by atoms with Gasteiger partial charge in [0.05, 0.1) is 11.4 Å². The number of benzene rings is 1. The van der Waals surface area contributed by atoms with Crippen LogP contribution in [0, 0.1) is 0 Å². The van der Waals surface area contributed by atoms with Crippen molar-refractivity contribution in [1.29, 1.82) is 0 Å². The molecule has 0 saturated heterocycles. The monoisotopic (exact) mass is 403 g/mol. The first-order valence-corrected chi connectivity index (χ1v) is 9.94. The van der Waals surface area contributed by atoms with Gasteiger partial charge in [0.1, 0.15) is 12.4 Å². The van der Waals surface area contributed by atoms with Crippen LogP contribution in [0.3, 0.4) is 0 Å². The van der Waals surface area contributed by atoms with E-state index in [2.05, 4.69) is 10.3 Å². The molecule has 3 aromatic rings. The van der Waals surface area contributed by atoms with Gasteiger partial charge in [-0.2, -0.15) is 0 Å². The SMILES string of the molecule is CC(=O)Nc1cc(Cl)ccc1OCc1cc(=O)n2c3c(sc2n1)CCCC3. The summed E-state index contributed by atoms with van der Waals surface area (Å²) in [6, 6.07) is 6.50. The second kappa shape index (κ2) is 7.32. The van der Waals surface area contributed by atoms with Crippen molar-refractivity contribution < 1.29 is 9.53 Å². The van der Waals surface area contributed by atoms with Crippen molar-refractivity contribution in [1.82, 2.24) is 9.38 Å². The zero-order valence-electron chi connectivity index (χ0n) is 14.8. The van der Waals surface area contributed by atoms with Crippen LogP contribution in [-0.2, 0) is 24.2 Å². The third kappa shape index (κ3) is 3.70. The Labute approximate surface area is 164 Å². The van der Waals surface area contributed by atoms with E-state index in [0.29, 0.717) is 27.1 Å². The number of rotatable bonds is 4. The van der Waals surface area contributed by atoms with E-state index in [9.17, 15) is 9.59 Å². The van der Waals surface area contributed by atoms with Crippen molar-refractivity contribution in [2.45, 2.75) is 39.2 Å². The summed E-state index contributed by atoms with van der Waals surface area (Å²) in [5, 5.41) is 3.19. The van der Waals surface area contributed by atoms with Crippen LogP contribution in [0.15, 0.2) is 29.1 Å². The molecule has 0 bridgehead atoms. The number of aromatic nitrogens is 2. The van der Waals surface area contributed by atoms with Gasteiger partial charge in [0.2, 0.25) is 5.91 Å². The molecule has 4 rings (SSSR count). The minimum Gasteiger partial charge on any atom is -0.485 e. The van der Waals surface area contributed by atoms with Crippen LogP contribution in [-0.4, -0.2) is 15.3 Å². The molecule has 0 unspecified atom stereocenters. The van der Waals surface area contributed by atoms with Crippen LogP contribution in [0.4, 0.5) is 5.69 Å². The minimum atomic E-state index is -0.218. The second-order valence-corrected chi connectivity index (χ2v) is 7.99. The number of fused-ring (bicyclic) bond motifs is 3. The van der Waals surface area contributed by atoms with E-state index in [1.54, 1.807) is 33.9 Å². The van der Waals surface area contributed by atoms with Crippen molar-refractivity contribution in [3.63, 3.8) is 0 Å². The van der Waals surface area contributed by atoms with Crippen molar-refractivity contribution in [2.75, 3.05) is 5.32 Å². The summed E-state index contributed by atoms with van der Waals surface area (Å²) < 4.78 is 7.54. The number of nitrogens with zero attached hydrogens (tertiary/aromatic N) is 2. The number of nitrogens with one attached hydrogen (secondary N) is 1. The van der Waals surface area contributed by atoms with Gasteiger partial charge in [-0.15, -0.1) is 11.3 Å². The van der Waals surface area contributed by atoms with Crippen molar-refractivity contribution in [3.8, 4) is 5.75 Å². The lowest BCUT2D eigenvalue weighted by atomic mass is 10.0. The quantitative estimate of drug-likeness (QED) is 0.718. The first-order valence-electron chi connectivity index (χ1n) is 8.74. The van der Waals surface area contributed by atoms with Gasteiger partial charge in [-0.3, -0.25) is 14.0 Å². The summed E-state index contributed by atoms with van der Waals surface area (Å²) in [4.78, 5) is 30.6. The number of halogens is 1. The molecule has 0 atom stereocenters. The molecule has 6 nitrogen and oxygen atoms in total. The van der Waals surface area contributed by atoms with Crippen LogP contribution >= 0.6 is 22.9 Å². The molecule has 2 aromatic heterocycles. The maximum Gasteiger partial charge on any atom is 0.259 e. The van der Waals surface area contributed by atoms with Crippen molar-refractivity contribution >= 4 is 39.5 Å². The molecule has 8 heteroatoms. The third-order valence-electron chi connectivity index (χ3n) is 4.44. The Balaban J connectivity index is 1.61. The van der Waals surface area contributed by atoms with Crippen LogP contribution in [0.2, 0.25) is 5.02 Å². The number of carbonyl (C=O) groups excluding carboxylic acids is 1. The van der Waals surface area contributed by atoms with Crippen LogP contribution in [0.25, 0.3) is 4.96 Å². The summed E-state index contributed by atoms with van der Waals surface area (Å²) >= 11 is 7.58. The fourth-order valence-corrected chi connectivity index (χ4v) is 4.69. The average molecular weight is 404 g/mol. The largest absolute Gasteiger partial charge is 0.485 e. The fourth-order valence-electron chi connectivity index (χ4n) is 3.28. The Morgan fingerprint density at radius 3 is 2.96 bits per heavy atom. The molecular formula is C19H18ClN3O3S. The van der Waals surface area contributed by atoms with Crippen molar-refractivity contribution in [3.05, 3.63) is 55.9 Å². The van der Waals surface area contributed by atoms with Gasteiger partial charge in [0.25, 0.3) is 5.56 Å². The predicted octanol–water partition coefficient (Wildman–Crippen LogP) is 3.83. The van der Waals surface area contributed by atoms with E-state index in [4.69, 9.17) is 16.3 Å². The van der Waals surface area contributed by atoms with E-state index >= 15 is 0 Å². The molecular weight excluding hydrogens is 386 g/mol. The molecule has 0 fully saturated rings. The molecule has 140 valence electrons. The number of anilines is 1. The number of amides is 1. The highest BCUT2D eigenvalue weighted by Gasteiger charge is 2.18. The third-order valence-corrected chi connectivity index (χ3v) is 5.82. The molecule has 1 amide bonds. The van der Waals surface area contributed by atoms with Crippen LogP contribution in [0.1, 0.15) is 36.0 Å². The van der Waals surface area contributed by atoms with Gasteiger partial charge in [-0.25, -0.2) is 4.98 Å². The summed E-state index contributed by atoms with van der Waals surface area (Å²) in [6.45, 7) is 1.54. The summed E-state index contributed by atoms with van der Waals surface area (Å²) in [6.07, 6.45) is 4.21. The van der Waals surface area contributed by atoms with E-state index < -0.39 is 0 Å². The highest BCUT2D eigenvalue weighted by molar-refractivity contribution is 7.17. The van der Waals surface area contributed by atoms with E-state index in [0.717, 1.165) is 31.4 Å². The van der Waals surface area contributed by atoms with E-state index in [1.165, 1.54) is 17.9 Å². The molecule has 0 radical (unpaired) electrons. The maximum absolute atomic E-state index is 12.6. The first-order chi connectivity index (χ1) is 13.0. The summed E-state index contributed by atoms with van der Waals surface area (Å²) in [5.74, 6) is 0.256. The number of thiazole rings is 1. The van der Waals surface area contributed by atoms with Gasteiger partial charge in [-0.1, -0.05) is 11.6 Å². The summed E-state index contributed by atoms with van der Waals surface area (Å²) in [5.41, 5.74) is 2.08. The highest BCUT2D eigenvalue weighted by Crippen LogP contribution is 2.30. The van der Waals surface area contributed by atoms with E-state index in [-0.39, 0.29) is 18.1 Å². The Kier molecular flexibility index (Phi) is 4.88. The topological polar surface area (TPSA) is 72.7 Å². The molecule has 1 N–H and O–H groups in total. The Morgan fingerprint density at radius 2 is 2.15 bits per heavy atom. The molecule has 1 aliphatic carbocycles. The fraction of sp³-hybridized carbons (Fsp3) is 0.316. The highest BCUT2D eigenvalue weighted by atomic mass is 35.5. The van der Waals surface area contributed by atoms with Crippen LogP contribution < -0.4 is 15.6 Å². The molecule has 1 aromatic carbocycles. The van der Waals surface area contributed by atoms with Gasteiger partial charge in [-0.05, 0) is 43.9 Å². The number of ether oxygens (including phenoxy) is 1. The van der Waals surface area contributed by atoms with Crippen molar-refractivity contribution in [2.24, 2.45) is 0 Å². The normalized spacial score (nSPS) is 13.4. The average Bonchev–Trinajstić information content (AvgIpc) is 2.99. The van der Waals surface area contributed by atoms with Crippen LogP contribution in [0.5, 0.6) is 5.75 Å². The maximum atomic E-state index is 12.6. The Hall–Kier alpha value is -2.38. The Morgan fingerprint density at radius 1 is 1.33 bits per heavy atom. The second-order valence-electron chi connectivity index (χ2n) is 6.49. The standard InChI is InChI=1S/C19H18ClN3O3S/c1-11(24)21-14-8-12(20)6-7-16(14)26-10-13-9-18(25)23-15-4-2-3-5-17(15)27-19(23)22-13/h6-9H,2-5,10H2,1H3,(H,21,24). The van der Waals surface area contributed by atoms with Gasteiger partial charge >= 0.3 is 0 Å². The number of carbonyl (C=O) groups is 1. The first kappa shape index (κ1) is 18.0. The van der Waals surface area contributed by atoms with E-state index in [1.807, 2.05) is 0 Å². The molecule has 27 heavy (non-hydrogen) atoms.